The number of hydrogen-bond acceptors (Lipinski definition) is 2. The van der Waals surface area contributed by atoms with E-state index in [2.05, 4.69) is 25.2 Å². The second-order valence-electron chi connectivity index (χ2n) is 6.99. The molecule has 0 spiro atoms. The lowest BCUT2D eigenvalue weighted by molar-refractivity contribution is -0.118. The number of carbonyl (C=O) groups is 1. The molecular formula is C20H19ClN2O. The highest BCUT2D eigenvalue weighted by molar-refractivity contribution is 6.31. The third-order valence-electron chi connectivity index (χ3n) is 4.67. The van der Waals surface area contributed by atoms with E-state index in [9.17, 15) is 4.79 Å². The first-order chi connectivity index (χ1) is 11.4. The van der Waals surface area contributed by atoms with Gasteiger partial charge in [-0.2, -0.15) is 5.26 Å². The summed E-state index contributed by atoms with van der Waals surface area (Å²) < 4.78 is 0. The number of nitrogens with zero attached hydrogens (tertiary/aromatic N) is 1. The predicted octanol–water partition coefficient (Wildman–Crippen LogP) is 4.79. The van der Waals surface area contributed by atoms with Gasteiger partial charge in [0.2, 0.25) is 5.91 Å². The second-order valence-corrected chi connectivity index (χ2v) is 7.39. The molecule has 0 bridgehead atoms. The van der Waals surface area contributed by atoms with Crippen LogP contribution >= 0.6 is 11.6 Å². The van der Waals surface area contributed by atoms with Crippen molar-refractivity contribution in [2.24, 2.45) is 11.3 Å². The lowest BCUT2D eigenvalue weighted by Crippen LogP contribution is -2.17. The fourth-order valence-electron chi connectivity index (χ4n) is 2.89. The van der Waals surface area contributed by atoms with Crippen molar-refractivity contribution in [3.63, 3.8) is 0 Å². The lowest BCUT2D eigenvalue weighted by atomic mass is 10.0. The lowest BCUT2D eigenvalue weighted by Gasteiger charge is -2.14. The standard InChI is InChI=1S/C20H19ClN2O/c1-20(2)11-16(20)19(24)23-18-5-3-4-17(21)15(18)10-13-6-8-14(12-22)9-7-13/h3-9,16H,10-11H2,1-2H3,(H,23,24). The van der Waals surface area contributed by atoms with Crippen LogP contribution in [0.4, 0.5) is 5.69 Å². The van der Waals surface area contributed by atoms with Crippen molar-refractivity contribution in [1.29, 1.82) is 5.26 Å². The van der Waals surface area contributed by atoms with Crippen LogP contribution in [0.5, 0.6) is 0 Å². The number of amides is 1. The molecule has 1 aliphatic carbocycles. The van der Waals surface area contributed by atoms with E-state index < -0.39 is 0 Å². The highest BCUT2D eigenvalue weighted by atomic mass is 35.5. The summed E-state index contributed by atoms with van der Waals surface area (Å²) >= 11 is 6.37. The Labute approximate surface area is 147 Å². The molecule has 0 heterocycles. The summed E-state index contributed by atoms with van der Waals surface area (Å²) in [5.74, 6) is 0.127. The van der Waals surface area contributed by atoms with Crippen molar-refractivity contribution in [2.45, 2.75) is 26.7 Å². The third-order valence-corrected chi connectivity index (χ3v) is 5.02. The minimum absolute atomic E-state index is 0.0587. The molecule has 1 atom stereocenters. The van der Waals surface area contributed by atoms with Gasteiger partial charge in [0.05, 0.1) is 11.6 Å². The molecule has 1 aliphatic rings. The van der Waals surface area contributed by atoms with Crippen LogP contribution in [-0.2, 0) is 11.2 Å². The SMILES string of the molecule is CC1(C)CC1C(=O)Nc1cccc(Cl)c1Cc1ccc(C#N)cc1. The van der Waals surface area contributed by atoms with Crippen LogP contribution in [0.15, 0.2) is 42.5 Å². The van der Waals surface area contributed by atoms with Gasteiger partial charge in [-0.15, -0.1) is 0 Å². The van der Waals surface area contributed by atoms with Gasteiger partial charge in [-0.05, 0) is 47.2 Å². The fourth-order valence-corrected chi connectivity index (χ4v) is 3.13. The summed E-state index contributed by atoms with van der Waals surface area (Å²) in [6.07, 6.45) is 1.53. The zero-order chi connectivity index (χ0) is 17.3. The highest BCUT2D eigenvalue weighted by Crippen LogP contribution is 2.52. The third kappa shape index (κ3) is 3.44. The largest absolute Gasteiger partial charge is 0.326 e. The molecule has 1 saturated carbocycles. The molecule has 1 unspecified atom stereocenters. The number of rotatable bonds is 4. The van der Waals surface area contributed by atoms with Crippen LogP contribution in [0.3, 0.4) is 0 Å². The zero-order valence-electron chi connectivity index (χ0n) is 13.8. The van der Waals surface area contributed by atoms with Gasteiger partial charge in [0.25, 0.3) is 0 Å². The minimum Gasteiger partial charge on any atom is -0.326 e. The molecule has 2 aromatic rings. The van der Waals surface area contributed by atoms with Gasteiger partial charge in [-0.25, -0.2) is 0 Å². The van der Waals surface area contributed by atoms with E-state index in [1.807, 2.05) is 30.3 Å². The molecule has 3 nitrogen and oxygen atoms in total. The summed E-state index contributed by atoms with van der Waals surface area (Å²) in [5, 5.41) is 12.6. The Bertz CT molecular complexity index is 819. The molecule has 3 rings (SSSR count). The van der Waals surface area contributed by atoms with Crippen LogP contribution in [0.2, 0.25) is 5.02 Å². The predicted molar refractivity (Wildman–Crippen MR) is 95.9 cm³/mol. The number of benzene rings is 2. The molecule has 1 fully saturated rings. The van der Waals surface area contributed by atoms with Crippen molar-refractivity contribution in [1.82, 2.24) is 0 Å². The molecule has 0 saturated heterocycles. The van der Waals surface area contributed by atoms with Crippen molar-refractivity contribution in [3.8, 4) is 6.07 Å². The van der Waals surface area contributed by atoms with Gasteiger partial charge in [0.15, 0.2) is 0 Å². The second kappa shape index (κ2) is 6.30. The van der Waals surface area contributed by atoms with E-state index >= 15 is 0 Å². The topological polar surface area (TPSA) is 52.9 Å². The van der Waals surface area contributed by atoms with Gasteiger partial charge in [-0.1, -0.05) is 43.6 Å². The monoisotopic (exact) mass is 338 g/mol. The number of anilines is 1. The van der Waals surface area contributed by atoms with Crippen molar-refractivity contribution < 1.29 is 4.79 Å². The van der Waals surface area contributed by atoms with E-state index in [-0.39, 0.29) is 17.2 Å². The number of hydrogen-bond donors (Lipinski definition) is 1. The van der Waals surface area contributed by atoms with Crippen LogP contribution in [-0.4, -0.2) is 5.91 Å². The van der Waals surface area contributed by atoms with Crippen molar-refractivity contribution >= 4 is 23.2 Å². The molecule has 24 heavy (non-hydrogen) atoms. The highest BCUT2D eigenvalue weighted by Gasteiger charge is 2.50. The Morgan fingerprint density at radius 2 is 1.96 bits per heavy atom. The Hall–Kier alpha value is -2.31. The van der Waals surface area contributed by atoms with E-state index in [1.54, 1.807) is 12.1 Å². The zero-order valence-corrected chi connectivity index (χ0v) is 14.5. The van der Waals surface area contributed by atoms with Crippen molar-refractivity contribution in [2.75, 3.05) is 5.32 Å². The summed E-state index contributed by atoms with van der Waals surface area (Å²) in [6.45, 7) is 4.21. The summed E-state index contributed by atoms with van der Waals surface area (Å²) in [7, 11) is 0. The first kappa shape index (κ1) is 16.5. The minimum atomic E-state index is 0.0587. The van der Waals surface area contributed by atoms with Gasteiger partial charge in [0, 0.05) is 23.0 Å². The van der Waals surface area contributed by atoms with Crippen LogP contribution in [0, 0.1) is 22.7 Å². The molecule has 4 heteroatoms. The quantitative estimate of drug-likeness (QED) is 0.871. The summed E-state index contributed by atoms with van der Waals surface area (Å²) in [6, 6.07) is 15.1. The van der Waals surface area contributed by atoms with Gasteiger partial charge < -0.3 is 5.32 Å². The maximum Gasteiger partial charge on any atom is 0.228 e. The van der Waals surface area contributed by atoms with E-state index in [1.165, 1.54) is 0 Å². The normalized spacial score (nSPS) is 17.8. The average molecular weight is 339 g/mol. The number of halogens is 1. The number of nitrogens with one attached hydrogen (secondary N) is 1. The molecule has 1 amide bonds. The molecule has 122 valence electrons. The molecule has 1 N–H and O–H groups in total. The summed E-state index contributed by atoms with van der Waals surface area (Å²) in [5.41, 5.74) is 3.43. The summed E-state index contributed by atoms with van der Waals surface area (Å²) in [4.78, 5) is 12.4. The first-order valence-corrected chi connectivity index (χ1v) is 8.36. The van der Waals surface area contributed by atoms with Gasteiger partial charge in [-0.3, -0.25) is 4.79 Å². The molecule has 0 aliphatic heterocycles. The Morgan fingerprint density at radius 1 is 1.29 bits per heavy atom. The molecular weight excluding hydrogens is 320 g/mol. The van der Waals surface area contributed by atoms with Crippen LogP contribution in [0.25, 0.3) is 0 Å². The van der Waals surface area contributed by atoms with Gasteiger partial charge >= 0.3 is 0 Å². The number of carbonyl (C=O) groups excluding carboxylic acids is 1. The fraction of sp³-hybridized carbons (Fsp3) is 0.300. The van der Waals surface area contributed by atoms with E-state index in [0.717, 1.165) is 23.2 Å². The molecule has 2 aromatic carbocycles. The van der Waals surface area contributed by atoms with Crippen LogP contribution < -0.4 is 5.32 Å². The number of nitriles is 1. The van der Waals surface area contributed by atoms with E-state index in [4.69, 9.17) is 16.9 Å². The Balaban J connectivity index is 1.82. The van der Waals surface area contributed by atoms with Gasteiger partial charge in [0.1, 0.15) is 0 Å². The van der Waals surface area contributed by atoms with Crippen LogP contribution in [0.1, 0.15) is 37.0 Å². The van der Waals surface area contributed by atoms with E-state index in [0.29, 0.717) is 17.0 Å². The Kier molecular flexibility index (Phi) is 4.34. The molecule has 0 radical (unpaired) electrons. The maximum absolute atomic E-state index is 12.4. The Morgan fingerprint density at radius 3 is 2.54 bits per heavy atom. The molecule has 0 aromatic heterocycles. The maximum atomic E-state index is 12.4. The first-order valence-electron chi connectivity index (χ1n) is 7.98. The average Bonchev–Trinajstić information content (AvgIpc) is 3.20. The van der Waals surface area contributed by atoms with Crippen molar-refractivity contribution in [3.05, 3.63) is 64.2 Å². The smallest absolute Gasteiger partial charge is 0.228 e.